The maximum atomic E-state index is 5.58. The Morgan fingerprint density at radius 2 is 1.33 bits per heavy atom. The second-order valence-electron chi connectivity index (χ2n) is 3.00. The van der Waals surface area contributed by atoms with Crippen molar-refractivity contribution in [2.24, 2.45) is 11.7 Å². The Morgan fingerprint density at radius 1 is 0.933 bits per heavy atom. The molecule has 80 valence electrons. The van der Waals surface area contributed by atoms with Crippen molar-refractivity contribution in [1.29, 1.82) is 0 Å². The molecule has 0 bridgehead atoms. The van der Waals surface area contributed by atoms with E-state index in [0.717, 1.165) is 0 Å². The number of hydrogen-bond donors (Lipinski definition) is 2. The predicted octanol–water partition coefficient (Wildman–Crippen LogP) is -1.37. The number of nitrogens with two attached hydrogens (primary N) is 2. The summed E-state index contributed by atoms with van der Waals surface area (Å²) in [5.74, 6) is 11.9. The Kier molecular flexibility index (Phi) is 2.10. The second kappa shape index (κ2) is 3.29. The summed E-state index contributed by atoms with van der Waals surface area (Å²) in [7, 11) is 3.24. The van der Waals surface area contributed by atoms with Crippen molar-refractivity contribution in [1.82, 2.24) is 20.3 Å². The molecule has 0 unspecified atom stereocenters. The van der Waals surface area contributed by atoms with E-state index in [1.165, 1.54) is 10.0 Å². The summed E-state index contributed by atoms with van der Waals surface area (Å²) in [6, 6.07) is 0. The summed E-state index contributed by atoms with van der Waals surface area (Å²) in [4.78, 5) is 8.21. The van der Waals surface area contributed by atoms with Crippen molar-refractivity contribution in [3.8, 4) is 0 Å². The lowest BCUT2D eigenvalue weighted by Gasteiger charge is -2.18. The van der Waals surface area contributed by atoms with Crippen LogP contribution in [0.4, 0.5) is 11.6 Å². The molecule has 2 heterocycles. The third-order valence-corrected chi connectivity index (χ3v) is 1.75. The molecule has 0 saturated heterocycles. The van der Waals surface area contributed by atoms with Gasteiger partial charge in [-0.25, -0.2) is 16.3 Å². The van der Waals surface area contributed by atoms with Gasteiger partial charge in [0, 0.05) is 14.1 Å². The summed E-state index contributed by atoms with van der Waals surface area (Å²) in [6.45, 7) is 0. The number of fused-ring (bicyclic) bond motifs is 1. The molecular formula is C6H10N8O. The zero-order valence-corrected chi connectivity index (χ0v) is 8.25. The van der Waals surface area contributed by atoms with Crippen LogP contribution in [0.3, 0.4) is 0 Å². The zero-order chi connectivity index (χ0) is 11.0. The smallest absolute Gasteiger partial charge is 0.245 e. The molecule has 15 heavy (non-hydrogen) atoms. The van der Waals surface area contributed by atoms with E-state index >= 15 is 0 Å². The first kappa shape index (κ1) is 9.55. The van der Waals surface area contributed by atoms with Gasteiger partial charge in [0.05, 0.1) is 0 Å². The third-order valence-electron chi connectivity index (χ3n) is 1.75. The number of rotatable bonds is 2. The summed E-state index contributed by atoms with van der Waals surface area (Å²) < 4.78 is 4.49. The van der Waals surface area contributed by atoms with E-state index in [-0.39, 0.29) is 11.3 Å². The van der Waals surface area contributed by atoms with Crippen molar-refractivity contribution in [2.45, 2.75) is 0 Å². The molecule has 0 atom stereocenters. The van der Waals surface area contributed by atoms with Gasteiger partial charge in [0.15, 0.2) is 11.6 Å². The van der Waals surface area contributed by atoms with Crippen LogP contribution in [0.1, 0.15) is 0 Å². The molecule has 2 rings (SSSR count). The fourth-order valence-electron chi connectivity index (χ4n) is 1.09. The second-order valence-corrected chi connectivity index (χ2v) is 3.00. The van der Waals surface area contributed by atoms with Gasteiger partial charge >= 0.3 is 0 Å². The van der Waals surface area contributed by atoms with Crippen LogP contribution in [0, 0.1) is 0 Å². The molecule has 9 nitrogen and oxygen atoms in total. The fraction of sp³-hybridized carbons (Fsp3) is 0.333. The SMILES string of the molecule is CN(N)c1nc2nonc2nc1N(C)N. The van der Waals surface area contributed by atoms with E-state index in [9.17, 15) is 0 Å². The molecule has 0 amide bonds. The van der Waals surface area contributed by atoms with Crippen LogP contribution in [-0.4, -0.2) is 34.4 Å². The number of hydrogen-bond acceptors (Lipinski definition) is 9. The maximum Gasteiger partial charge on any atom is 0.245 e. The Hall–Kier alpha value is -2.00. The molecule has 0 aromatic carbocycles. The minimum Gasteiger partial charge on any atom is -0.295 e. The van der Waals surface area contributed by atoms with Crippen LogP contribution in [-0.2, 0) is 0 Å². The number of hydrazine groups is 2. The largest absolute Gasteiger partial charge is 0.295 e. The molecule has 0 fully saturated rings. The number of anilines is 2. The third kappa shape index (κ3) is 1.53. The Morgan fingerprint density at radius 3 is 1.67 bits per heavy atom. The van der Waals surface area contributed by atoms with Gasteiger partial charge in [0.2, 0.25) is 11.3 Å². The fourth-order valence-corrected chi connectivity index (χ4v) is 1.09. The van der Waals surface area contributed by atoms with Gasteiger partial charge in [0.1, 0.15) is 0 Å². The van der Waals surface area contributed by atoms with Crippen LogP contribution in [0.15, 0.2) is 4.63 Å². The first-order valence-electron chi connectivity index (χ1n) is 4.06. The molecule has 0 spiro atoms. The molecule has 0 aliphatic heterocycles. The quantitative estimate of drug-likeness (QED) is 0.456. The lowest BCUT2D eigenvalue weighted by molar-refractivity contribution is 0.314. The van der Waals surface area contributed by atoms with Crippen molar-refractivity contribution >= 4 is 22.9 Å². The average Bonchev–Trinajstić information content (AvgIpc) is 2.61. The van der Waals surface area contributed by atoms with Gasteiger partial charge in [-0.05, 0) is 10.3 Å². The highest BCUT2D eigenvalue weighted by atomic mass is 16.6. The summed E-state index contributed by atoms with van der Waals surface area (Å²) in [5, 5.41) is 9.70. The minimum absolute atomic E-state index is 0.285. The van der Waals surface area contributed by atoms with Gasteiger partial charge in [0.25, 0.3) is 0 Å². The Labute approximate surface area is 84.6 Å². The van der Waals surface area contributed by atoms with E-state index in [4.69, 9.17) is 11.7 Å². The van der Waals surface area contributed by atoms with Crippen LogP contribution in [0.2, 0.25) is 0 Å². The first-order chi connectivity index (χ1) is 7.09. The highest BCUT2D eigenvalue weighted by Crippen LogP contribution is 2.21. The molecule has 4 N–H and O–H groups in total. The van der Waals surface area contributed by atoms with Crippen LogP contribution < -0.4 is 21.7 Å². The Bertz CT molecular complexity index is 435. The van der Waals surface area contributed by atoms with Crippen molar-refractivity contribution < 1.29 is 4.63 Å². The highest BCUT2D eigenvalue weighted by Gasteiger charge is 2.15. The molecule has 0 aliphatic rings. The minimum atomic E-state index is 0.285. The van der Waals surface area contributed by atoms with E-state index in [2.05, 4.69) is 24.9 Å². The summed E-state index contributed by atoms with van der Waals surface area (Å²) in [6.07, 6.45) is 0. The molecule has 9 heteroatoms. The normalized spacial score (nSPS) is 10.7. The maximum absolute atomic E-state index is 5.58. The van der Waals surface area contributed by atoms with Crippen LogP contribution in [0.25, 0.3) is 11.3 Å². The molecule has 2 aromatic rings. The van der Waals surface area contributed by atoms with E-state index in [1.807, 2.05) is 0 Å². The molecule has 0 saturated carbocycles. The molecular weight excluding hydrogens is 200 g/mol. The first-order valence-corrected chi connectivity index (χ1v) is 4.06. The molecule has 2 aromatic heterocycles. The van der Waals surface area contributed by atoms with Crippen molar-refractivity contribution in [3.63, 3.8) is 0 Å². The molecule has 0 radical (unpaired) electrons. The van der Waals surface area contributed by atoms with Gasteiger partial charge in [-0.2, -0.15) is 9.97 Å². The van der Waals surface area contributed by atoms with Crippen LogP contribution >= 0.6 is 0 Å². The van der Waals surface area contributed by atoms with Crippen molar-refractivity contribution in [3.05, 3.63) is 0 Å². The van der Waals surface area contributed by atoms with Gasteiger partial charge in [-0.3, -0.25) is 10.0 Å². The topological polar surface area (TPSA) is 123 Å². The summed E-state index contributed by atoms with van der Waals surface area (Å²) in [5.41, 5.74) is 0.570. The standard InChI is InChI=1S/C6H10N8O/c1-13(7)5-6(14(2)8)10-4-3(9-5)11-15-12-4/h7-8H2,1-2H3. The number of aromatic nitrogens is 4. The van der Waals surface area contributed by atoms with E-state index < -0.39 is 0 Å². The van der Waals surface area contributed by atoms with E-state index in [1.54, 1.807) is 14.1 Å². The van der Waals surface area contributed by atoms with Crippen molar-refractivity contribution in [2.75, 3.05) is 24.1 Å². The highest BCUT2D eigenvalue weighted by molar-refractivity contribution is 5.73. The van der Waals surface area contributed by atoms with Gasteiger partial charge < -0.3 is 0 Å². The van der Waals surface area contributed by atoms with Crippen LogP contribution in [0.5, 0.6) is 0 Å². The predicted molar refractivity (Wildman–Crippen MR) is 52.6 cm³/mol. The number of nitrogens with zero attached hydrogens (tertiary/aromatic N) is 6. The zero-order valence-electron chi connectivity index (χ0n) is 8.25. The lowest BCUT2D eigenvalue weighted by Crippen LogP contribution is -2.33. The van der Waals surface area contributed by atoms with Gasteiger partial charge in [-0.15, -0.1) is 0 Å². The average molecular weight is 210 g/mol. The monoisotopic (exact) mass is 210 g/mol. The Balaban J connectivity index is 2.68. The molecule has 0 aliphatic carbocycles. The van der Waals surface area contributed by atoms with Gasteiger partial charge in [-0.1, -0.05) is 0 Å². The summed E-state index contributed by atoms with van der Waals surface area (Å²) >= 11 is 0. The van der Waals surface area contributed by atoms with E-state index in [0.29, 0.717) is 11.6 Å². The lowest BCUT2D eigenvalue weighted by atomic mass is 10.5.